The first kappa shape index (κ1) is 21.6. The molecule has 0 radical (unpaired) electrons. The molecule has 3 rings (SSSR count). The number of urea groups is 1. The van der Waals surface area contributed by atoms with E-state index in [1.807, 2.05) is 4.90 Å². The molecule has 1 aliphatic carbocycles. The maximum Gasteiger partial charge on any atom is 0.326 e. The fourth-order valence-electron chi connectivity index (χ4n) is 5.67. The van der Waals surface area contributed by atoms with Gasteiger partial charge in [-0.25, -0.2) is 18.1 Å². The van der Waals surface area contributed by atoms with Crippen molar-refractivity contribution >= 4 is 21.8 Å². The number of hydrogen-bond donors (Lipinski definition) is 1. The number of imide groups is 1. The van der Waals surface area contributed by atoms with Crippen LogP contribution < -0.4 is 5.32 Å². The van der Waals surface area contributed by atoms with Gasteiger partial charge in [0.05, 0.1) is 18.2 Å². The van der Waals surface area contributed by atoms with E-state index < -0.39 is 15.4 Å². The minimum atomic E-state index is -3.03. The second kappa shape index (κ2) is 7.27. The van der Waals surface area contributed by atoms with Crippen LogP contribution in [-0.2, 0) is 14.6 Å². The first-order valence-electron chi connectivity index (χ1n) is 10.4. The Bertz CT molecular complexity index is 749. The molecule has 0 aromatic carbocycles. The SMILES string of the molecule is CC(C)CN(CN1C(=O)NC2(CC(C)CC(C)(C)C2)C1=O)C1CCS(=O)(=O)C1. The third-order valence-corrected chi connectivity index (χ3v) is 8.02. The molecule has 1 spiro atoms. The lowest BCUT2D eigenvalue weighted by Gasteiger charge is -2.44. The first-order valence-corrected chi connectivity index (χ1v) is 12.2. The van der Waals surface area contributed by atoms with Crippen LogP contribution in [0, 0.1) is 17.3 Å². The van der Waals surface area contributed by atoms with Crippen LogP contribution in [0.25, 0.3) is 0 Å². The third-order valence-electron chi connectivity index (χ3n) is 6.27. The van der Waals surface area contributed by atoms with Crippen molar-refractivity contribution in [2.24, 2.45) is 17.3 Å². The fraction of sp³-hybridized carbons (Fsp3) is 0.900. The molecule has 8 heteroatoms. The van der Waals surface area contributed by atoms with Crippen molar-refractivity contribution in [3.8, 4) is 0 Å². The molecule has 3 fully saturated rings. The topological polar surface area (TPSA) is 86.8 Å². The lowest BCUT2D eigenvalue weighted by Crippen LogP contribution is -2.55. The molecule has 28 heavy (non-hydrogen) atoms. The lowest BCUT2D eigenvalue weighted by molar-refractivity contribution is -0.136. The van der Waals surface area contributed by atoms with Crippen LogP contribution in [0.4, 0.5) is 4.79 Å². The van der Waals surface area contributed by atoms with Gasteiger partial charge in [-0.05, 0) is 42.9 Å². The van der Waals surface area contributed by atoms with Gasteiger partial charge in [0.1, 0.15) is 5.54 Å². The zero-order valence-corrected chi connectivity index (χ0v) is 18.6. The van der Waals surface area contributed by atoms with Crippen LogP contribution in [0.15, 0.2) is 0 Å². The third kappa shape index (κ3) is 4.37. The van der Waals surface area contributed by atoms with Crippen molar-refractivity contribution in [1.29, 1.82) is 0 Å². The van der Waals surface area contributed by atoms with Crippen LogP contribution in [0.3, 0.4) is 0 Å². The van der Waals surface area contributed by atoms with Crippen molar-refractivity contribution in [3.05, 3.63) is 0 Å². The highest BCUT2D eigenvalue weighted by Crippen LogP contribution is 2.46. The standard InChI is InChI=1S/C20H35N3O4S/c1-14(2)10-22(16-6-7-28(26,27)11-16)13-23-17(24)20(21-18(23)25)9-15(3)8-19(4,5)12-20/h14-16H,6-13H2,1-5H3,(H,21,25). The van der Waals surface area contributed by atoms with Gasteiger partial charge in [-0.3, -0.25) is 9.69 Å². The summed E-state index contributed by atoms with van der Waals surface area (Å²) in [7, 11) is -3.03. The highest BCUT2D eigenvalue weighted by atomic mass is 32.2. The predicted molar refractivity (Wildman–Crippen MR) is 108 cm³/mol. The van der Waals surface area contributed by atoms with Crippen LogP contribution >= 0.6 is 0 Å². The Balaban J connectivity index is 1.80. The van der Waals surface area contributed by atoms with Gasteiger partial charge < -0.3 is 5.32 Å². The number of carbonyl (C=O) groups is 2. The van der Waals surface area contributed by atoms with E-state index >= 15 is 0 Å². The van der Waals surface area contributed by atoms with Crippen molar-refractivity contribution < 1.29 is 18.0 Å². The van der Waals surface area contributed by atoms with Crippen molar-refractivity contribution in [2.45, 2.75) is 71.9 Å². The molecule has 7 nitrogen and oxygen atoms in total. The molecule has 3 unspecified atom stereocenters. The molecule has 1 N–H and O–H groups in total. The molecule has 2 saturated heterocycles. The predicted octanol–water partition coefficient (Wildman–Crippen LogP) is 2.23. The summed E-state index contributed by atoms with van der Waals surface area (Å²) in [6.45, 7) is 11.4. The molecule has 3 atom stereocenters. The van der Waals surface area contributed by atoms with E-state index in [0.717, 1.165) is 6.42 Å². The van der Waals surface area contributed by atoms with Crippen LogP contribution in [0.5, 0.6) is 0 Å². The van der Waals surface area contributed by atoms with Gasteiger partial charge in [-0.2, -0.15) is 0 Å². The molecular formula is C20H35N3O4S. The molecule has 0 bridgehead atoms. The highest BCUT2D eigenvalue weighted by Gasteiger charge is 2.56. The molecule has 3 amide bonds. The van der Waals surface area contributed by atoms with Crippen molar-refractivity contribution in [3.63, 3.8) is 0 Å². The number of carbonyl (C=O) groups excluding carboxylic acids is 2. The number of rotatable bonds is 5. The summed E-state index contributed by atoms with van der Waals surface area (Å²) in [6.07, 6.45) is 2.91. The quantitative estimate of drug-likeness (QED) is 0.699. The largest absolute Gasteiger partial charge is 0.326 e. The van der Waals surface area contributed by atoms with Crippen LogP contribution in [-0.4, -0.2) is 66.5 Å². The van der Waals surface area contributed by atoms with E-state index in [1.165, 1.54) is 4.90 Å². The Morgan fingerprint density at radius 2 is 1.93 bits per heavy atom. The molecule has 2 aliphatic heterocycles. The van der Waals surface area contributed by atoms with Gasteiger partial charge >= 0.3 is 6.03 Å². The summed E-state index contributed by atoms with van der Waals surface area (Å²) >= 11 is 0. The van der Waals surface area contributed by atoms with Crippen molar-refractivity contribution in [1.82, 2.24) is 15.1 Å². The van der Waals surface area contributed by atoms with Crippen LogP contribution in [0.1, 0.15) is 60.3 Å². The van der Waals surface area contributed by atoms with E-state index in [1.54, 1.807) is 0 Å². The molecule has 0 aromatic rings. The summed E-state index contributed by atoms with van der Waals surface area (Å²) in [5.41, 5.74) is -0.822. The minimum Gasteiger partial charge on any atom is -0.323 e. The Morgan fingerprint density at radius 3 is 2.46 bits per heavy atom. The van der Waals surface area contributed by atoms with E-state index in [-0.39, 0.29) is 41.6 Å². The Hall–Kier alpha value is -1.15. The maximum atomic E-state index is 13.4. The Morgan fingerprint density at radius 1 is 1.25 bits per heavy atom. The number of sulfone groups is 1. The number of nitrogens with zero attached hydrogens (tertiary/aromatic N) is 2. The zero-order chi connectivity index (χ0) is 20.9. The van der Waals surface area contributed by atoms with Gasteiger partial charge in [0, 0.05) is 12.6 Å². The second-order valence-electron chi connectivity index (χ2n) is 10.5. The monoisotopic (exact) mass is 413 g/mol. The van der Waals surface area contributed by atoms with Gasteiger partial charge in [0.2, 0.25) is 0 Å². The number of hydrogen-bond acceptors (Lipinski definition) is 5. The minimum absolute atomic E-state index is 0.00618. The summed E-state index contributed by atoms with van der Waals surface area (Å²) in [4.78, 5) is 29.5. The van der Waals surface area contributed by atoms with Gasteiger partial charge in [0.25, 0.3) is 5.91 Å². The summed E-state index contributed by atoms with van der Waals surface area (Å²) in [5, 5.41) is 3.01. The molecule has 160 valence electrons. The summed E-state index contributed by atoms with van der Waals surface area (Å²) in [5.74, 6) is 0.818. The van der Waals surface area contributed by atoms with Crippen molar-refractivity contribution in [2.75, 3.05) is 24.7 Å². The fourth-order valence-corrected chi connectivity index (χ4v) is 7.43. The first-order chi connectivity index (χ1) is 12.8. The molecule has 2 heterocycles. The highest BCUT2D eigenvalue weighted by molar-refractivity contribution is 7.91. The average Bonchev–Trinajstić information content (AvgIpc) is 2.96. The van der Waals surface area contributed by atoms with Gasteiger partial charge in [-0.15, -0.1) is 0 Å². The maximum absolute atomic E-state index is 13.4. The van der Waals surface area contributed by atoms with E-state index in [2.05, 4.69) is 39.9 Å². The summed E-state index contributed by atoms with van der Waals surface area (Å²) in [6, 6.07) is -0.476. The van der Waals surface area contributed by atoms with Crippen LogP contribution in [0.2, 0.25) is 0 Å². The Labute approximate surface area is 169 Å². The number of nitrogens with one attached hydrogen (secondary N) is 1. The Kier molecular flexibility index (Phi) is 5.60. The van der Waals surface area contributed by atoms with E-state index in [0.29, 0.717) is 37.6 Å². The van der Waals surface area contributed by atoms with E-state index in [4.69, 9.17) is 0 Å². The molecular weight excluding hydrogens is 378 g/mol. The smallest absolute Gasteiger partial charge is 0.323 e. The van der Waals surface area contributed by atoms with Gasteiger partial charge in [0.15, 0.2) is 9.84 Å². The second-order valence-corrected chi connectivity index (χ2v) is 12.7. The van der Waals surface area contributed by atoms with Gasteiger partial charge in [-0.1, -0.05) is 34.6 Å². The summed E-state index contributed by atoms with van der Waals surface area (Å²) < 4.78 is 23.9. The lowest BCUT2D eigenvalue weighted by atomic mass is 9.64. The zero-order valence-electron chi connectivity index (χ0n) is 17.8. The average molecular weight is 414 g/mol. The molecule has 3 aliphatic rings. The molecule has 0 aromatic heterocycles. The van der Waals surface area contributed by atoms with E-state index in [9.17, 15) is 18.0 Å². The number of amides is 3. The molecule has 1 saturated carbocycles. The normalized spacial score (nSPS) is 34.6.